The predicted octanol–water partition coefficient (Wildman–Crippen LogP) is 4.23. The first-order valence-corrected chi connectivity index (χ1v) is 7.97. The molecule has 2 saturated carbocycles. The quantitative estimate of drug-likeness (QED) is 0.633. The van der Waals surface area contributed by atoms with Crippen LogP contribution < -0.4 is 5.32 Å². The summed E-state index contributed by atoms with van der Waals surface area (Å²) in [6, 6.07) is 0.768. The number of rotatable bonds is 9. The van der Waals surface area contributed by atoms with E-state index in [2.05, 4.69) is 26.1 Å². The van der Waals surface area contributed by atoms with Crippen molar-refractivity contribution in [2.75, 3.05) is 6.54 Å². The third-order valence-corrected chi connectivity index (χ3v) is 4.97. The van der Waals surface area contributed by atoms with E-state index in [4.69, 9.17) is 0 Å². The third kappa shape index (κ3) is 4.28. The highest BCUT2D eigenvalue weighted by atomic mass is 14.9. The van der Waals surface area contributed by atoms with Crippen LogP contribution in [-0.4, -0.2) is 12.6 Å². The minimum absolute atomic E-state index is 0.768. The summed E-state index contributed by atoms with van der Waals surface area (Å²) in [5.74, 6) is 4.10. The Morgan fingerprint density at radius 1 is 1.00 bits per heavy atom. The van der Waals surface area contributed by atoms with E-state index < -0.39 is 0 Å². The first-order chi connectivity index (χ1) is 8.24. The molecule has 1 N–H and O–H groups in total. The highest BCUT2D eigenvalue weighted by Crippen LogP contribution is 2.48. The van der Waals surface area contributed by atoms with Crippen molar-refractivity contribution >= 4 is 0 Å². The lowest BCUT2D eigenvalue weighted by Crippen LogP contribution is -2.35. The minimum Gasteiger partial charge on any atom is -0.314 e. The Labute approximate surface area is 108 Å². The van der Waals surface area contributed by atoms with Crippen molar-refractivity contribution in [1.82, 2.24) is 5.32 Å². The molecule has 0 aliphatic heterocycles. The van der Waals surface area contributed by atoms with Crippen LogP contribution in [0.1, 0.15) is 65.7 Å². The maximum atomic E-state index is 3.88. The van der Waals surface area contributed by atoms with E-state index in [0.717, 1.165) is 29.7 Å². The van der Waals surface area contributed by atoms with E-state index in [9.17, 15) is 0 Å². The van der Waals surface area contributed by atoms with Gasteiger partial charge in [-0.05, 0) is 68.7 Å². The average Bonchev–Trinajstić information content (AvgIpc) is 3.18. The maximum Gasteiger partial charge on any atom is 0.00670 e. The van der Waals surface area contributed by atoms with Crippen molar-refractivity contribution in [1.29, 1.82) is 0 Å². The fourth-order valence-corrected chi connectivity index (χ4v) is 3.12. The zero-order valence-electron chi connectivity index (χ0n) is 12.0. The fourth-order valence-electron chi connectivity index (χ4n) is 3.12. The normalized spacial score (nSPS) is 24.0. The molecule has 0 aromatic carbocycles. The molecule has 1 heteroatoms. The number of hydrogen-bond donors (Lipinski definition) is 1. The van der Waals surface area contributed by atoms with Crippen LogP contribution in [0.4, 0.5) is 0 Å². The first-order valence-electron chi connectivity index (χ1n) is 7.97. The lowest BCUT2D eigenvalue weighted by atomic mass is 9.94. The zero-order chi connectivity index (χ0) is 12.3. The predicted molar refractivity (Wildman–Crippen MR) is 75.1 cm³/mol. The summed E-state index contributed by atoms with van der Waals surface area (Å²) in [7, 11) is 0. The SMILES string of the molecule is CCC(C)CC(CC)NCC(C1CC1)C1CC1. The van der Waals surface area contributed by atoms with Crippen molar-refractivity contribution in [3.63, 3.8) is 0 Å². The van der Waals surface area contributed by atoms with E-state index in [1.54, 1.807) is 0 Å². The van der Waals surface area contributed by atoms with Crippen LogP contribution in [-0.2, 0) is 0 Å². The van der Waals surface area contributed by atoms with Gasteiger partial charge in [-0.1, -0.05) is 27.2 Å². The first kappa shape index (κ1) is 13.4. The lowest BCUT2D eigenvalue weighted by molar-refractivity contribution is 0.321. The summed E-state index contributed by atoms with van der Waals surface area (Å²) < 4.78 is 0. The highest BCUT2D eigenvalue weighted by molar-refractivity contribution is 4.92. The summed E-state index contributed by atoms with van der Waals surface area (Å²) in [5, 5.41) is 3.88. The van der Waals surface area contributed by atoms with Gasteiger partial charge in [0.25, 0.3) is 0 Å². The molecule has 17 heavy (non-hydrogen) atoms. The minimum atomic E-state index is 0.768. The molecule has 2 fully saturated rings. The van der Waals surface area contributed by atoms with Gasteiger partial charge < -0.3 is 5.32 Å². The molecule has 0 aromatic heterocycles. The van der Waals surface area contributed by atoms with E-state index in [1.807, 2.05) is 0 Å². The molecule has 0 amide bonds. The summed E-state index contributed by atoms with van der Waals surface area (Å²) in [6.45, 7) is 8.35. The van der Waals surface area contributed by atoms with Gasteiger partial charge in [-0.15, -0.1) is 0 Å². The van der Waals surface area contributed by atoms with Crippen LogP contribution in [0.15, 0.2) is 0 Å². The fraction of sp³-hybridized carbons (Fsp3) is 1.00. The molecule has 2 aliphatic rings. The van der Waals surface area contributed by atoms with Crippen molar-refractivity contribution in [3.8, 4) is 0 Å². The second kappa shape index (κ2) is 6.22. The molecule has 0 saturated heterocycles. The van der Waals surface area contributed by atoms with Gasteiger partial charge in [-0.25, -0.2) is 0 Å². The third-order valence-electron chi connectivity index (χ3n) is 4.97. The van der Waals surface area contributed by atoms with E-state index >= 15 is 0 Å². The summed E-state index contributed by atoms with van der Waals surface area (Å²) in [6.07, 6.45) is 10.1. The average molecular weight is 237 g/mol. The zero-order valence-corrected chi connectivity index (χ0v) is 12.0. The van der Waals surface area contributed by atoms with E-state index in [1.165, 1.54) is 51.5 Å². The molecule has 0 radical (unpaired) electrons. The molecule has 100 valence electrons. The van der Waals surface area contributed by atoms with Crippen molar-refractivity contribution in [2.45, 2.75) is 71.8 Å². The monoisotopic (exact) mass is 237 g/mol. The molecule has 2 aliphatic carbocycles. The molecule has 2 unspecified atom stereocenters. The highest BCUT2D eigenvalue weighted by Gasteiger charge is 2.41. The van der Waals surface area contributed by atoms with Gasteiger partial charge in [0.1, 0.15) is 0 Å². The summed E-state index contributed by atoms with van der Waals surface area (Å²) >= 11 is 0. The topological polar surface area (TPSA) is 12.0 Å². The second-order valence-electron chi connectivity index (χ2n) is 6.60. The Kier molecular flexibility index (Phi) is 4.90. The Balaban J connectivity index is 1.70. The van der Waals surface area contributed by atoms with Crippen molar-refractivity contribution < 1.29 is 0 Å². The number of hydrogen-bond acceptors (Lipinski definition) is 1. The molecule has 1 nitrogen and oxygen atoms in total. The molecule has 2 atom stereocenters. The Morgan fingerprint density at radius 2 is 1.59 bits per heavy atom. The molecule has 0 spiro atoms. The van der Waals surface area contributed by atoms with E-state index in [-0.39, 0.29) is 0 Å². The molecule has 0 aromatic rings. The smallest absolute Gasteiger partial charge is 0.00670 e. The van der Waals surface area contributed by atoms with Crippen LogP contribution >= 0.6 is 0 Å². The standard InChI is InChI=1S/C16H31N/c1-4-12(3)10-15(5-2)17-11-16(13-6-7-13)14-8-9-14/h12-17H,4-11H2,1-3H3. The van der Waals surface area contributed by atoms with Gasteiger partial charge in [0.15, 0.2) is 0 Å². The van der Waals surface area contributed by atoms with Gasteiger partial charge >= 0.3 is 0 Å². The molecular weight excluding hydrogens is 206 g/mol. The Morgan fingerprint density at radius 3 is 2.00 bits per heavy atom. The maximum absolute atomic E-state index is 3.88. The van der Waals surface area contributed by atoms with Crippen molar-refractivity contribution in [3.05, 3.63) is 0 Å². The molecule has 0 bridgehead atoms. The molecule has 0 heterocycles. The van der Waals surface area contributed by atoms with Crippen LogP contribution in [0, 0.1) is 23.7 Å². The lowest BCUT2D eigenvalue weighted by Gasteiger charge is -2.24. The van der Waals surface area contributed by atoms with Crippen LogP contribution in [0.5, 0.6) is 0 Å². The van der Waals surface area contributed by atoms with Gasteiger partial charge in [0.05, 0.1) is 0 Å². The largest absolute Gasteiger partial charge is 0.314 e. The second-order valence-corrected chi connectivity index (χ2v) is 6.60. The van der Waals surface area contributed by atoms with Crippen LogP contribution in [0.25, 0.3) is 0 Å². The Hall–Kier alpha value is -0.0400. The van der Waals surface area contributed by atoms with E-state index in [0.29, 0.717) is 0 Å². The molecular formula is C16H31N. The Bertz CT molecular complexity index is 206. The summed E-state index contributed by atoms with van der Waals surface area (Å²) in [5.41, 5.74) is 0. The van der Waals surface area contributed by atoms with Gasteiger partial charge in [0, 0.05) is 6.04 Å². The summed E-state index contributed by atoms with van der Waals surface area (Å²) in [4.78, 5) is 0. The molecule has 2 rings (SSSR count). The van der Waals surface area contributed by atoms with Gasteiger partial charge in [-0.3, -0.25) is 0 Å². The number of nitrogens with one attached hydrogen (secondary N) is 1. The van der Waals surface area contributed by atoms with Crippen molar-refractivity contribution in [2.24, 2.45) is 23.7 Å². The van der Waals surface area contributed by atoms with Gasteiger partial charge in [0.2, 0.25) is 0 Å². The van der Waals surface area contributed by atoms with Crippen LogP contribution in [0.3, 0.4) is 0 Å². The van der Waals surface area contributed by atoms with Gasteiger partial charge in [-0.2, -0.15) is 0 Å². The van der Waals surface area contributed by atoms with Crippen LogP contribution in [0.2, 0.25) is 0 Å².